The van der Waals surface area contributed by atoms with Crippen LogP contribution in [0.5, 0.6) is 0 Å². The van der Waals surface area contributed by atoms with Gasteiger partial charge in [-0.3, -0.25) is 0 Å². The number of hydrogen-bond acceptors (Lipinski definition) is 4. The van der Waals surface area contributed by atoms with Gasteiger partial charge in [-0.15, -0.1) is 0 Å². The predicted octanol–water partition coefficient (Wildman–Crippen LogP) is 1.61. The van der Waals surface area contributed by atoms with Crippen molar-refractivity contribution in [2.24, 2.45) is 0 Å². The highest BCUT2D eigenvalue weighted by atomic mass is 19.1. The molecule has 1 heterocycles. The van der Waals surface area contributed by atoms with E-state index in [1.165, 1.54) is 26.4 Å². The zero-order chi connectivity index (χ0) is 10.6. The van der Waals surface area contributed by atoms with Crippen LogP contribution in [0.15, 0.2) is 12.5 Å². The highest BCUT2D eigenvalue weighted by Gasteiger charge is 2.14. The molecule has 0 unspecified atom stereocenters. The number of nitrogens with one attached hydrogen (secondary N) is 1. The summed E-state index contributed by atoms with van der Waals surface area (Å²) in [5.74, 6) is 0.559. The van der Waals surface area contributed by atoms with Gasteiger partial charge in [0, 0.05) is 6.54 Å². The van der Waals surface area contributed by atoms with Gasteiger partial charge in [0.15, 0.2) is 5.82 Å². The summed E-state index contributed by atoms with van der Waals surface area (Å²) in [5, 5.41) is 2.95. The van der Waals surface area contributed by atoms with Crippen LogP contribution in [0.2, 0.25) is 0 Å². The highest BCUT2D eigenvalue weighted by molar-refractivity contribution is 5.58. The third-order valence-electron chi connectivity index (χ3n) is 1.75. The number of nitrogens with two attached hydrogens (primary N) is 1. The van der Waals surface area contributed by atoms with E-state index in [1.54, 1.807) is 0 Å². The lowest BCUT2D eigenvalue weighted by Crippen LogP contribution is -2.18. The van der Waals surface area contributed by atoms with Crippen molar-refractivity contribution in [1.82, 2.24) is 9.97 Å². The van der Waals surface area contributed by atoms with E-state index in [9.17, 15) is 4.39 Å². The Morgan fingerprint density at radius 2 is 2.29 bits per heavy atom. The van der Waals surface area contributed by atoms with E-state index in [4.69, 9.17) is 5.73 Å². The molecule has 14 heavy (non-hydrogen) atoms. The Balaban J connectivity index is 2.43. The quantitative estimate of drug-likeness (QED) is 0.771. The van der Waals surface area contributed by atoms with Gasteiger partial charge < -0.3 is 11.1 Å². The fraction of sp³-hybridized carbons (Fsp3) is 0.556. The first-order valence-electron chi connectivity index (χ1n) is 4.47. The zero-order valence-corrected chi connectivity index (χ0v) is 8.42. The fourth-order valence-corrected chi connectivity index (χ4v) is 0.966. The molecule has 0 atom stereocenters. The van der Waals surface area contributed by atoms with Crippen molar-refractivity contribution in [3.05, 3.63) is 12.5 Å². The number of nitrogen functional groups attached to an aromatic ring is 1. The van der Waals surface area contributed by atoms with Gasteiger partial charge in [0.2, 0.25) is 0 Å². The predicted molar refractivity (Wildman–Crippen MR) is 54.7 cm³/mol. The van der Waals surface area contributed by atoms with Gasteiger partial charge in [0.05, 0.1) is 11.9 Å². The first-order valence-corrected chi connectivity index (χ1v) is 4.47. The molecule has 78 valence electrons. The van der Waals surface area contributed by atoms with Crippen LogP contribution in [0, 0.1) is 0 Å². The topological polar surface area (TPSA) is 63.8 Å². The van der Waals surface area contributed by atoms with E-state index >= 15 is 0 Å². The molecule has 0 aromatic carbocycles. The Labute approximate surface area is 82.8 Å². The summed E-state index contributed by atoms with van der Waals surface area (Å²) < 4.78 is 13.1. The van der Waals surface area contributed by atoms with Crippen LogP contribution in [0.4, 0.5) is 15.9 Å². The highest BCUT2D eigenvalue weighted by Crippen LogP contribution is 2.15. The second-order valence-electron chi connectivity index (χ2n) is 3.72. The second-order valence-corrected chi connectivity index (χ2v) is 3.72. The minimum atomic E-state index is -1.17. The Morgan fingerprint density at radius 3 is 2.86 bits per heavy atom. The molecule has 1 aromatic heterocycles. The molecule has 0 aliphatic carbocycles. The third-order valence-corrected chi connectivity index (χ3v) is 1.75. The molecule has 0 spiro atoms. The summed E-state index contributed by atoms with van der Waals surface area (Å²) in [5.41, 5.74) is 4.89. The molecule has 5 heteroatoms. The van der Waals surface area contributed by atoms with Crippen molar-refractivity contribution in [3.63, 3.8) is 0 Å². The number of alkyl halides is 1. The van der Waals surface area contributed by atoms with Gasteiger partial charge in [-0.2, -0.15) is 0 Å². The summed E-state index contributed by atoms with van der Waals surface area (Å²) in [6.45, 7) is 3.58. The molecule has 0 saturated carbocycles. The normalized spacial score (nSPS) is 11.4. The van der Waals surface area contributed by atoms with E-state index in [-0.39, 0.29) is 0 Å². The average Bonchev–Trinajstić information content (AvgIpc) is 2.06. The standard InChI is InChI=1S/C9H15FN4/c1-9(2,10)3-4-13-8-7(11)5-12-6-14-8/h5-6H,3-4,11H2,1-2H3,(H,12,13,14). The summed E-state index contributed by atoms with van der Waals surface area (Å²) in [6, 6.07) is 0. The van der Waals surface area contributed by atoms with Crippen LogP contribution in [0.1, 0.15) is 20.3 Å². The van der Waals surface area contributed by atoms with Gasteiger partial charge in [-0.05, 0) is 20.3 Å². The Morgan fingerprint density at radius 1 is 1.57 bits per heavy atom. The third kappa shape index (κ3) is 3.55. The average molecular weight is 198 g/mol. The first-order chi connectivity index (χ1) is 6.49. The van der Waals surface area contributed by atoms with Crippen molar-refractivity contribution >= 4 is 11.5 Å². The van der Waals surface area contributed by atoms with Crippen LogP contribution in [0.3, 0.4) is 0 Å². The zero-order valence-electron chi connectivity index (χ0n) is 8.42. The number of halogens is 1. The summed E-state index contributed by atoms with van der Waals surface area (Å²) in [7, 11) is 0. The van der Waals surface area contributed by atoms with Gasteiger partial charge >= 0.3 is 0 Å². The van der Waals surface area contributed by atoms with Crippen molar-refractivity contribution in [3.8, 4) is 0 Å². The van der Waals surface area contributed by atoms with Crippen molar-refractivity contribution in [2.45, 2.75) is 25.9 Å². The van der Waals surface area contributed by atoms with Crippen LogP contribution < -0.4 is 11.1 Å². The lowest BCUT2D eigenvalue weighted by molar-refractivity contribution is 0.207. The molecule has 0 amide bonds. The van der Waals surface area contributed by atoms with Crippen LogP contribution in [-0.2, 0) is 0 Å². The molecule has 0 aliphatic heterocycles. The van der Waals surface area contributed by atoms with Crippen molar-refractivity contribution in [1.29, 1.82) is 0 Å². The van der Waals surface area contributed by atoms with Gasteiger partial charge in [-0.25, -0.2) is 14.4 Å². The van der Waals surface area contributed by atoms with E-state index in [0.717, 1.165) is 0 Å². The van der Waals surface area contributed by atoms with Gasteiger partial charge in [0.1, 0.15) is 12.0 Å². The summed E-state index contributed by atoms with van der Waals surface area (Å²) >= 11 is 0. The maximum Gasteiger partial charge on any atom is 0.152 e. The monoisotopic (exact) mass is 198 g/mol. The number of aromatic nitrogens is 2. The Kier molecular flexibility index (Phi) is 3.22. The number of nitrogens with zero attached hydrogens (tertiary/aromatic N) is 2. The molecule has 1 aromatic rings. The minimum Gasteiger partial charge on any atom is -0.394 e. The molecular weight excluding hydrogens is 183 g/mol. The summed E-state index contributed by atoms with van der Waals surface area (Å²) in [4.78, 5) is 7.68. The molecule has 0 bridgehead atoms. The molecule has 0 aliphatic rings. The molecular formula is C9H15FN4. The van der Waals surface area contributed by atoms with Crippen molar-refractivity contribution in [2.75, 3.05) is 17.6 Å². The lowest BCUT2D eigenvalue weighted by atomic mass is 10.1. The van der Waals surface area contributed by atoms with Gasteiger partial charge in [0.25, 0.3) is 0 Å². The molecule has 0 saturated heterocycles. The number of rotatable bonds is 4. The van der Waals surface area contributed by atoms with Crippen LogP contribution in [0.25, 0.3) is 0 Å². The molecule has 0 radical (unpaired) electrons. The molecule has 4 nitrogen and oxygen atoms in total. The molecule has 3 N–H and O–H groups in total. The Bertz CT molecular complexity index is 295. The maximum atomic E-state index is 13.1. The van der Waals surface area contributed by atoms with Crippen molar-refractivity contribution < 1.29 is 4.39 Å². The SMILES string of the molecule is CC(C)(F)CCNc1ncncc1N. The first kappa shape index (κ1) is 10.7. The second kappa shape index (κ2) is 4.21. The largest absolute Gasteiger partial charge is 0.394 e. The molecule has 1 rings (SSSR count). The summed E-state index contributed by atoms with van der Waals surface area (Å²) in [6.07, 6.45) is 3.33. The maximum absolute atomic E-state index is 13.1. The van der Waals surface area contributed by atoms with Gasteiger partial charge in [-0.1, -0.05) is 0 Å². The van der Waals surface area contributed by atoms with Crippen LogP contribution in [-0.4, -0.2) is 22.2 Å². The number of hydrogen-bond donors (Lipinski definition) is 2. The lowest BCUT2D eigenvalue weighted by Gasteiger charge is -2.14. The van der Waals surface area contributed by atoms with E-state index < -0.39 is 5.67 Å². The van der Waals surface area contributed by atoms with Crippen LogP contribution >= 0.6 is 0 Å². The molecule has 0 fully saturated rings. The van der Waals surface area contributed by atoms with E-state index in [2.05, 4.69) is 15.3 Å². The smallest absolute Gasteiger partial charge is 0.152 e. The Hall–Kier alpha value is -1.39. The fourth-order valence-electron chi connectivity index (χ4n) is 0.966. The minimum absolute atomic E-state index is 0.413. The van der Waals surface area contributed by atoms with E-state index in [0.29, 0.717) is 24.5 Å². The number of anilines is 2. The van der Waals surface area contributed by atoms with E-state index in [1.807, 2.05) is 0 Å².